The molecule has 5 heteroatoms. The van der Waals surface area contributed by atoms with E-state index in [9.17, 15) is 8.42 Å². The zero-order chi connectivity index (χ0) is 13.5. The van der Waals surface area contributed by atoms with Gasteiger partial charge in [0.1, 0.15) is 0 Å². The van der Waals surface area contributed by atoms with Crippen molar-refractivity contribution >= 4 is 25.8 Å². The number of hydrogen-bond donors (Lipinski definition) is 1. The molecule has 0 bridgehead atoms. The Morgan fingerprint density at radius 3 is 2.53 bits per heavy atom. The van der Waals surface area contributed by atoms with E-state index in [1.54, 1.807) is 0 Å². The SMILES string of the molecule is O=S1(=O)CCC(NC2CC(c3ccccc3Br)C2)C1. The highest BCUT2D eigenvalue weighted by atomic mass is 79.9. The average molecular weight is 344 g/mol. The third-order valence-corrected chi connectivity index (χ3v) is 6.68. The van der Waals surface area contributed by atoms with E-state index >= 15 is 0 Å². The smallest absolute Gasteiger partial charge is 0.151 e. The summed E-state index contributed by atoms with van der Waals surface area (Å²) >= 11 is 3.59. The van der Waals surface area contributed by atoms with Gasteiger partial charge < -0.3 is 5.32 Å². The topological polar surface area (TPSA) is 46.2 Å². The number of rotatable bonds is 3. The van der Waals surface area contributed by atoms with Crippen molar-refractivity contribution in [2.24, 2.45) is 0 Å². The Morgan fingerprint density at radius 2 is 1.89 bits per heavy atom. The fourth-order valence-electron chi connectivity index (χ4n) is 3.07. The average Bonchev–Trinajstić information content (AvgIpc) is 2.64. The minimum absolute atomic E-state index is 0.176. The van der Waals surface area contributed by atoms with Crippen LogP contribution in [0.4, 0.5) is 0 Å². The van der Waals surface area contributed by atoms with E-state index in [1.807, 2.05) is 6.07 Å². The predicted octanol–water partition coefficient (Wildman–Crippen LogP) is 2.47. The van der Waals surface area contributed by atoms with Gasteiger partial charge in [-0.2, -0.15) is 0 Å². The molecule has 3 rings (SSSR count). The molecule has 0 aromatic heterocycles. The first-order valence-corrected chi connectivity index (χ1v) is 9.36. The van der Waals surface area contributed by atoms with Gasteiger partial charge in [-0.1, -0.05) is 34.1 Å². The number of benzene rings is 1. The van der Waals surface area contributed by atoms with Crippen LogP contribution in [0.1, 0.15) is 30.7 Å². The lowest BCUT2D eigenvalue weighted by Gasteiger charge is -2.38. The highest BCUT2D eigenvalue weighted by Gasteiger charge is 2.35. The van der Waals surface area contributed by atoms with Crippen LogP contribution >= 0.6 is 15.9 Å². The van der Waals surface area contributed by atoms with Gasteiger partial charge in [0.05, 0.1) is 11.5 Å². The largest absolute Gasteiger partial charge is 0.310 e. The van der Waals surface area contributed by atoms with Crippen molar-refractivity contribution in [3.63, 3.8) is 0 Å². The van der Waals surface area contributed by atoms with Gasteiger partial charge in [0, 0.05) is 16.6 Å². The summed E-state index contributed by atoms with van der Waals surface area (Å²) in [6.07, 6.45) is 3.00. The van der Waals surface area contributed by atoms with Crippen LogP contribution < -0.4 is 5.32 Å². The Kier molecular flexibility index (Phi) is 3.71. The van der Waals surface area contributed by atoms with E-state index in [1.165, 1.54) is 10.0 Å². The Labute approximate surface area is 122 Å². The van der Waals surface area contributed by atoms with E-state index in [0.29, 0.717) is 23.5 Å². The molecule has 1 aromatic rings. The molecule has 2 aliphatic rings. The summed E-state index contributed by atoms with van der Waals surface area (Å²) in [7, 11) is -2.77. The summed E-state index contributed by atoms with van der Waals surface area (Å²) in [5, 5.41) is 3.50. The highest BCUT2D eigenvalue weighted by Crippen LogP contribution is 2.40. The normalized spacial score (nSPS) is 33.0. The molecule has 2 fully saturated rings. The first-order chi connectivity index (χ1) is 9.03. The number of sulfone groups is 1. The lowest BCUT2D eigenvalue weighted by Crippen LogP contribution is -2.46. The van der Waals surface area contributed by atoms with Crippen molar-refractivity contribution in [1.29, 1.82) is 0 Å². The molecule has 3 nitrogen and oxygen atoms in total. The molecule has 19 heavy (non-hydrogen) atoms. The molecular weight excluding hydrogens is 326 g/mol. The molecule has 1 atom stereocenters. The molecular formula is C14H18BrNO2S. The molecule has 1 aliphatic carbocycles. The molecule has 1 saturated carbocycles. The van der Waals surface area contributed by atoms with Crippen LogP contribution in [0, 0.1) is 0 Å². The van der Waals surface area contributed by atoms with Gasteiger partial charge in [0.2, 0.25) is 0 Å². The lowest BCUT2D eigenvalue weighted by molar-refractivity contribution is 0.270. The van der Waals surface area contributed by atoms with Crippen molar-refractivity contribution in [2.75, 3.05) is 11.5 Å². The van der Waals surface area contributed by atoms with E-state index < -0.39 is 9.84 Å². The molecule has 0 radical (unpaired) electrons. The van der Waals surface area contributed by atoms with Crippen LogP contribution in [0.3, 0.4) is 0 Å². The Morgan fingerprint density at radius 1 is 1.16 bits per heavy atom. The summed E-state index contributed by atoms with van der Waals surface area (Å²) in [6, 6.07) is 9.02. The first kappa shape index (κ1) is 13.6. The summed E-state index contributed by atoms with van der Waals surface area (Å²) in [4.78, 5) is 0. The van der Waals surface area contributed by atoms with Crippen LogP contribution in [0.2, 0.25) is 0 Å². The van der Waals surface area contributed by atoms with E-state index in [4.69, 9.17) is 0 Å². The summed E-state index contributed by atoms with van der Waals surface area (Å²) in [6.45, 7) is 0. The second kappa shape index (κ2) is 5.19. The van der Waals surface area contributed by atoms with Crippen LogP contribution in [0.15, 0.2) is 28.7 Å². The third-order valence-electron chi connectivity index (χ3n) is 4.19. The zero-order valence-corrected chi connectivity index (χ0v) is 13.1. The Hall–Kier alpha value is -0.390. The second-order valence-corrected chi connectivity index (χ2v) is 8.74. The summed E-state index contributed by atoms with van der Waals surface area (Å²) < 4.78 is 24.0. The van der Waals surface area contributed by atoms with Crippen molar-refractivity contribution in [1.82, 2.24) is 5.32 Å². The molecule has 0 amide bonds. The maximum Gasteiger partial charge on any atom is 0.151 e. The fraction of sp³-hybridized carbons (Fsp3) is 0.571. The van der Waals surface area contributed by atoms with Crippen molar-refractivity contribution in [2.45, 2.75) is 37.3 Å². The van der Waals surface area contributed by atoms with Crippen LogP contribution in [-0.2, 0) is 9.84 Å². The fourth-order valence-corrected chi connectivity index (χ4v) is 5.37. The molecule has 1 N–H and O–H groups in total. The first-order valence-electron chi connectivity index (χ1n) is 6.74. The van der Waals surface area contributed by atoms with Crippen molar-refractivity contribution < 1.29 is 8.42 Å². The van der Waals surface area contributed by atoms with Gasteiger partial charge >= 0.3 is 0 Å². The Bertz CT molecular complexity index is 567. The molecule has 1 heterocycles. The zero-order valence-electron chi connectivity index (χ0n) is 10.7. The molecule has 0 spiro atoms. The van der Waals surface area contributed by atoms with Gasteiger partial charge in [-0.25, -0.2) is 8.42 Å². The lowest BCUT2D eigenvalue weighted by atomic mass is 9.75. The number of halogens is 1. The minimum Gasteiger partial charge on any atom is -0.310 e. The molecule has 1 aliphatic heterocycles. The van der Waals surface area contributed by atoms with Crippen LogP contribution in [0.25, 0.3) is 0 Å². The monoisotopic (exact) mass is 343 g/mol. The standard InChI is InChI=1S/C14H18BrNO2S/c15-14-4-2-1-3-13(14)10-7-12(8-10)16-11-5-6-19(17,18)9-11/h1-4,10-12,16H,5-9H2. The van der Waals surface area contributed by atoms with Crippen molar-refractivity contribution in [3.05, 3.63) is 34.3 Å². The van der Waals surface area contributed by atoms with Crippen LogP contribution in [0.5, 0.6) is 0 Å². The molecule has 104 valence electrons. The molecule has 1 aromatic carbocycles. The van der Waals surface area contributed by atoms with Crippen LogP contribution in [-0.4, -0.2) is 32.0 Å². The summed E-state index contributed by atoms with van der Waals surface area (Å²) in [5.41, 5.74) is 1.37. The minimum atomic E-state index is -2.77. The third kappa shape index (κ3) is 3.03. The molecule has 1 unspecified atom stereocenters. The van der Waals surface area contributed by atoms with Gasteiger partial charge in [-0.15, -0.1) is 0 Å². The molecule has 1 saturated heterocycles. The maximum atomic E-state index is 11.4. The second-order valence-electron chi connectivity index (χ2n) is 5.65. The number of nitrogens with one attached hydrogen (secondary N) is 1. The van der Waals surface area contributed by atoms with E-state index in [-0.39, 0.29) is 6.04 Å². The van der Waals surface area contributed by atoms with Gasteiger partial charge in [-0.3, -0.25) is 0 Å². The maximum absolute atomic E-state index is 11.4. The van der Waals surface area contributed by atoms with E-state index in [2.05, 4.69) is 39.4 Å². The Balaban J connectivity index is 1.53. The van der Waals surface area contributed by atoms with Crippen molar-refractivity contribution in [3.8, 4) is 0 Å². The van der Waals surface area contributed by atoms with Gasteiger partial charge in [0.15, 0.2) is 9.84 Å². The number of hydrogen-bond acceptors (Lipinski definition) is 3. The van der Waals surface area contributed by atoms with Gasteiger partial charge in [0.25, 0.3) is 0 Å². The van der Waals surface area contributed by atoms with E-state index in [0.717, 1.165) is 19.3 Å². The summed E-state index contributed by atoms with van der Waals surface area (Å²) in [5.74, 6) is 1.28. The van der Waals surface area contributed by atoms with Gasteiger partial charge in [-0.05, 0) is 36.8 Å². The predicted molar refractivity (Wildman–Crippen MR) is 80.1 cm³/mol. The quantitative estimate of drug-likeness (QED) is 0.916. The highest BCUT2D eigenvalue weighted by molar-refractivity contribution is 9.10.